The minimum atomic E-state index is -0.481. The van der Waals surface area contributed by atoms with Gasteiger partial charge in [-0.05, 0) is 31.0 Å². The minimum absolute atomic E-state index is 0.0341. The summed E-state index contributed by atoms with van der Waals surface area (Å²) in [5.41, 5.74) is 12.2. The van der Waals surface area contributed by atoms with Crippen LogP contribution in [0.3, 0.4) is 0 Å². The number of anilines is 2. The number of hydrogen-bond acceptors (Lipinski definition) is 4. The molecule has 1 aromatic rings. The van der Waals surface area contributed by atoms with Crippen molar-refractivity contribution in [2.24, 2.45) is 0 Å². The maximum atomic E-state index is 12.2. The molecule has 1 aliphatic carbocycles. The zero-order chi connectivity index (χ0) is 13.2. The predicted octanol–water partition coefficient (Wildman–Crippen LogP) is 0.886. The van der Waals surface area contributed by atoms with Crippen molar-refractivity contribution in [1.82, 2.24) is 5.32 Å². The normalized spacial score (nSPS) is 17.6. The number of carbonyl (C=O) groups excluding carboxylic acids is 1. The molecule has 18 heavy (non-hydrogen) atoms. The van der Waals surface area contributed by atoms with Crippen molar-refractivity contribution in [2.45, 2.75) is 31.2 Å². The van der Waals surface area contributed by atoms with Gasteiger partial charge >= 0.3 is 0 Å². The molecule has 98 valence electrons. The molecule has 0 unspecified atom stereocenters. The molecule has 5 nitrogen and oxygen atoms in total. The monoisotopic (exact) mass is 249 g/mol. The summed E-state index contributed by atoms with van der Waals surface area (Å²) < 4.78 is 0. The van der Waals surface area contributed by atoms with E-state index in [0.29, 0.717) is 16.9 Å². The number of hydrogen-bond donors (Lipinski definition) is 4. The molecule has 0 saturated heterocycles. The third-order valence-electron chi connectivity index (χ3n) is 3.56. The molecule has 0 aromatic heterocycles. The maximum absolute atomic E-state index is 12.2. The lowest BCUT2D eigenvalue weighted by atomic mass is 9.98. The molecule has 2 rings (SSSR count). The SMILES string of the molecule is Nc1ccc(C(=O)NC2(CO)CCCC2)c(N)c1. The van der Waals surface area contributed by atoms with E-state index in [1.165, 1.54) is 0 Å². The largest absolute Gasteiger partial charge is 0.399 e. The van der Waals surface area contributed by atoms with E-state index in [4.69, 9.17) is 11.5 Å². The number of rotatable bonds is 3. The molecule has 5 heteroatoms. The lowest BCUT2D eigenvalue weighted by molar-refractivity contribution is 0.0839. The first-order valence-electron chi connectivity index (χ1n) is 6.15. The van der Waals surface area contributed by atoms with Gasteiger partial charge in [0.25, 0.3) is 5.91 Å². The summed E-state index contributed by atoms with van der Waals surface area (Å²) in [6.45, 7) is -0.0341. The Morgan fingerprint density at radius 3 is 2.56 bits per heavy atom. The van der Waals surface area contributed by atoms with Crippen LogP contribution >= 0.6 is 0 Å². The highest BCUT2D eigenvalue weighted by molar-refractivity contribution is 6.00. The molecule has 1 aromatic carbocycles. The van der Waals surface area contributed by atoms with Crippen LogP contribution in [0.2, 0.25) is 0 Å². The lowest BCUT2D eigenvalue weighted by Gasteiger charge is -2.28. The zero-order valence-corrected chi connectivity index (χ0v) is 10.3. The number of amides is 1. The van der Waals surface area contributed by atoms with Gasteiger partial charge < -0.3 is 21.9 Å². The molecular weight excluding hydrogens is 230 g/mol. The van der Waals surface area contributed by atoms with Crippen molar-refractivity contribution in [3.63, 3.8) is 0 Å². The van der Waals surface area contributed by atoms with Crippen LogP contribution in [0.1, 0.15) is 36.0 Å². The van der Waals surface area contributed by atoms with E-state index in [2.05, 4.69) is 5.32 Å². The van der Waals surface area contributed by atoms with Crippen LogP contribution in [0.5, 0.6) is 0 Å². The van der Waals surface area contributed by atoms with Gasteiger partial charge in [-0.15, -0.1) is 0 Å². The summed E-state index contributed by atoms with van der Waals surface area (Å²) in [4.78, 5) is 12.2. The summed E-state index contributed by atoms with van der Waals surface area (Å²) in [7, 11) is 0. The number of carbonyl (C=O) groups is 1. The molecule has 0 bridgehead atoms. The van der Waals surface area contributed by atoms with E-state index in [-0.39, 0.29) is 12.5 Å². The summed E-state index contributed by atoms with van der Waals surface area (Å²) in [6.07, 6.45) is 3.67. The molecule has 6 N–H and O–H groups in total. The van der Waals surface area contributed by atoms with E-state index in [0.717, 1.165) is 25.7 Å². The van der Waals surface area contributed by atoms with Gasteiger partial charge in [-0.1, -0.05) is 12.8 Å². The highest BCUT2D eigenvalue weighted by Gasteiger charge is 2.35. The van der Waals surface area contributed by atoms with Crippen LogP contribution in [0, 0.1) is 0 Å². The third kappa shape index (κ3) is 2.41. The van der Waals surface area contributed by atoms with Crippen LogP contribution < -0.4 is 16.8 Å². The summed E-state index contributed by atoms with van der Waals surface area (Å²) in [5.74, 6) is -0.247. The van der Waals surface area contributed by atoms with Crippen LogP contribution in [0.25, 0.3) is 0 Å². The summed E-state index contributed by atoms with van der Waals surface area (Å²) >= 11 is 0. The fourth-order valence-corrected chi connectivity index (χ4v) is 2.47. The molecule has 0 aliphatic heterocycles. The second-order valence-corrected chi connectivity index (χ2v) is 4.95. The molecular formula is C13H19N3O2. The van der Waals surface area contributed by atoms with Gasteiger partial charge in [0, 0.05) is 11.4 Å². The summed E-state index contributed by atoms with van der Waals surface area (Å²) in [5, 5.41) is 12.4. The first-order chi connectivity index (χ1) is 8.56. The molecule has 1 aliphatic rings. The first-order valence-corrected chi connectivity index (χ1v) is 6.15. The number of nitrogen functional groups attached to an aromatic ring is 2. The van der Waals surface area contributed by atoms with E-state index in [1.54, 1.807) is 18.2 Å². The fraction of sp³-hybridized carbons (Fsp3) is 0.462. The Labute approximate surface area is 106 Å². The van der Waals surface area contributed by atoms with Crippen molar-refractivity contribution in [3.05, 3.63) is 23.8 Å². The van der Waals surface area contributed by atoms with Gasteiger partial charge in [-0.3, -0.25) is 4.79 Å². The predicted molar refractivity (Wildman–Crippen MR) is 71.0 cm³/mol. The maximum Gasteiger partial charge on any atom is 0.253 e. The quantitative estimate of drug-likeness (QED) is 0.597. The van der Waals surface area contributed by atoms with Gasteiger partial charge in [0.1, 0.15) is 0 Å². The zero-order valence-electron chi connectivity index (χ0n) is 10.3. The van der Waals surface area contributed by atoms with Crippen molar-refractivity contribution >= 4 is 17.3 Å². The van der Waals surface area contributed by atoms with Crippen molar-refractivity contribution in [2.75, 3.05) is 18.1 Å². The van der Waals surface area contributed by atoms with Gasteiger partial charge in [-0.25, -0.2) is 0 Å². The minimum Gasteiger partial charge on any atom is -0.399 e. The topological polar surface area (TPSA) is 101 Å². The second-order valence-electron chi connectivity index (χ2n) is 4.95. The molecule has 0 spiro atoms. The van der Waals surface area contributed by atoms with Gasteiger partial charge in [0.2, 0.25) is 0 Å². The van der Waals surface area contributed by atoms with Crippen LogP contribution in [0.15, 0.2) is 18.2 Å². The Morgan fingerprint density at radius 1 is 1.33 bits per heavy atom. The number of benzene rings is 1. The van der Waals surface area contributed by atoms with Gasteiger partial charge in [-0.2, -0.15) is 0 Å². The van der Waals surface area contributed by atoms with Gasteiger partial charge in [0.05, 0.1) is 17.7 Å². The van der Waals surface area contributed by atoms with Crippen molar-refractivity contribution in [3.8, 4) is 0 Å². The fourth-order valence-electron chi connectivity index (χ4n) is 2.47. The Morgan fingerprint density at radius 2 is 2.00 bits per heavy atom. The number of aliphatic hydroxyl groups is 1. The van der Waals surface area contributed by atoms with E-state index in [1.807, 2.05) is 0 Å². The standard InChI is InChI=1S/C13H19N3O2/c14-9-3-4-10(11(15)7-9)12(18)16-13(8-17)5-1-2-6-13/h3-4,7,17H,1-2,5-6,8,14-15H2,(H,16,18). The molecule has 0 radical (unpaired) electrons. The number of aliphatic hydroxyl groups excluding tert-OH is 1. The molecule has 1 saturated carbocycles. The smallest absolute Gasteiger partial charge is 0.253 e. The van der Waals surface area contributed by atoms with Crippen molar-refractivity contribution < 1.29 is 9.90 Å². The Bertz CT molecular complexity index is 454. The van der Waals surface area contributed by atoms with E-state index < -0.39 is 5.54 Å². The molecule has 0 heterocycles. The van der Waals surface area contributed by atoms with Crippen LogP contribution in [-0.2, 0) is 0 Å². The summed E-state index contributed by atoms with van der Waals surface area (Å²) in [6, 6.07) is 4.82. The lowest BCUT2D eigenvalue weighted by Crippen LogP contribution is -2.49. The highest BCUT2D eigenvalue weighted by Crippen LogP contribution is 2.29. The number of nitrogens with one attached hydrogen (secondary N) is 1. The van der Waals surface area contributed by atoms with Crippen LogP contribution in [-0.4, -0.2) is 23.2 Å². The number of nitrogens with two attached hydrogens (primary N) is 2. The Hall–Kier alpha value is -1.75. The molecule has 1 fully saturated rings. The van der Waals surface area contributed by atoms with E-state index in [9.17, 15) is 9.90 Å². The first kappa shape index (κ1) is 12.7. The third-order valence-corrected chi connectivity index (χ3v) is 3.56. The average Bonchev–Trinajstić information content (AvgIpc) is 2.78. The Balaban J connectivity index is 2.16. The highest BCUT2D eigenvalue weighted by atomic mass is 16.3. The second kappa shape index (κ2) is 4.86. The van der Waals surface area contributed by atoms with Crippen LogP contribution in [0.4, 0.5) is 11.4 Å². The van der Waals surface area contributed by atoms with E-state index >= 15 is 0 Å². The molecule has 1 amide bonds. The Kier molecular flexibility index (Phi) is 3.43. The van der Waals surface area contributed by atoms with Gasteiger partial charge in [0.15, 0.2) is 0 Å². The average molecular weight is 249 g/mol. The molecule has 0 atom stereocenters. The van der Waals surface area contributed by atoms with Crippen molar-refractivity contribution in [1.29, 1.82) is 0 Å².